The van der Waals surface area contributed by atoms with Crippen molar-refractivity contribution in [3.63, 3.8) is 0 Å². The second kappa shape index (κ2) is 8.08. The molecule has 2 nitrogen and oxygen atoms in total. The van der Waals surface area contributed by atoms with Crippen LogP contribution in [0.25, 0.3) is 0 Å². The van der Waals surface area contributed by atoms with Crippen molar-refractivity contribution in [2.45, 2.75) is 70.9 Å². The smallest absolute Gasteiger partial charge is 0.00869 e. The third kappa shape index (κ3) is 4.84. The summed E-state index contributed by atoms with van der Waals surface area (Å²) in [5.41, 5.74) is 0. The molecule has 0 heterocycles. The van der Waals surface area contributed by atoms with Crippen molar-refractivity contribution < 1.29 is 0 Å². The first-order chi connectivity index (χ1) is 7.77. The van der Waals surface area contributed by atoms with Gasteiger partial charge >= 0.3 is 0 Å². The van der Waals surface area contributed by atoms with Crippen LogP contribution in [0.3, 0.4) is 0 Å². The maximum absolute atomic E-state index is 3.69. The Hall–Kier alpha value is -0.0800. The third-order valence-electron chi connectivity index (χ3n) is 4.04. The largest absolute Gasteiger partial charge is 0.314 e. The van der Waals surface area contributed by atoms with E-state index < -0.39 is 0 Å². The van der Waals surface area contributed by atoms with Crippen LogP contribution in [0, 0.1) is 0 Å². The second-order valence-electron chi connectivity index (χ2n) is 5.24. The molecular weight excluding hydrogens is 196 g/mol. The van der Waals surface area contributed by atoms with Gasteiger partial charge in [0.25, 0.3) is 0 Å². The average Bonchev–Trinajstić information content (AvgIpc) is 2.79. The summed E-state index contributed by atoms with van der Waals surface area (Å²) in [6, 6.07) is 1.62. The molecule has 1 saturated carbocycles. The first kappa shape index (κ1) is 14.0. The lowest BCUT2D eigenvalue weighted by Gasteiger charge is -2.26. The molecule has 0 atom stereocenters. The highest BCUT2D eigenvalue weighted by molar-refractivity contribution is 4.73. The van der Waals surface area contributed by atoms with Crippen LogP contribution < -0.4 is 5.32 Å². The molecule has 0 aliphatic heterocycles. The van der Waals surface area contributed by atoms with Crippen molar-refractivity contribution in [2.24, 2.45) is 0 Å². The normalized spacial score (nSPS) is 17.8. The Morgan fingerprint density at radius 2 is 1.81 bits per heavy atom. The van der Waals surface area contributed by atoms with Crippen LogP contribution in [0.2, 0.25) is 0 Å². The number of hydrogen-bond acceptors (Lipinski definition) is 2. The summed E-state index contributed by atoms with van der Waals surface area (Å²) in [6.45, 7) is 7.03. The topological polar surface area (TPSA) is 15.3 Å². The number of rotatable bonds is 8. The minimum absolute atomic E-state index is 0.784. The van der Waals surface area contributed by atoms with Gasteiger partial charge < -0.3 is 10.2 Å². The molecule has 1 N–H and O–H groups in total. The Bertz CT molecular complexity index is 160. The fraction of sp³-hybridized carbons (Fsp3) is 1.00. The molecule has 16 heavy (non-hydrogen) atoms. The summed E-state index contributed by atoms with van der Waals surface area (Å²) >= 11 is 0. The van der Waals surface area contributed by atoms with E-state index in [1.54, 1.807) is 0 Å². The first-order valence-corrected chi connectivity index (χ1v) is 7.21. The Morgan fingerprint density at radius 3 is 2.38 bits per heavy atom. The van der Waals surface area contributed by atoms with E-state index in [1.165, 1.54) is 58.0 Å². The zero-order valence-electron chi connectivity index (χ0n) is 11.5. The second-order valence-corrected chi connectivity index (χ2v) is 5.24. The highest BCUT2D eigenvalue weighted by atomic mass is 15.1. The standard InChI is InChI=1S/C14H30N2/c1-4-14(5-2)16(3)12-8-11-15-13-9-6-7-10-13/h13-15H,4-12H2,1-3H3. The van der Waals surface area contributed by atoms with Crippen molar-refractivity contribution in [1.82, 2.24) is 10.2 Å². The fourth-order valence-corrected chi connectivity index (χ4v) is 2.86. The Labute approximate surface area is 102 Å². The lowest BCUT2D eigenvalue weighted by atomic mass is 10.1. The van der Waals surface area contributed by atoms with Crippen molar-refractivity contribution in [3.8, 4) is 0 Å². The van der Waals surface area contributed by atoms with Crippen LogP contribution in [0.15, 0.2) is 0 Å². The Morgan fingerprint density at radius 1 is 1.19 bits per heavy atom. The predicted octanol–water partition coefficient (Wildman–Crippen LogP) is 3.03. The van der Waals surface area contributed by atoms with Crippen LogP contribution in [-0.4, -0.2) is 37.1 Å². The van der Waals surface area contributed by atoms with Crippen molar-refractivity contribution >= 4 is 0 Å². The van der Waals surface area contributed by atoms with Crippen molar-refractivity contribution in [2.75, 3.05) is 20.1 Å². The Balaban J connectivity index is 2.00. The van der Waals surface area contributed by atoms with E-state index in [9.17, 15) is 0 Å². The average molecular weight is 226 g/mol. The minimum atomic E-state index is 0.784. The van der Waals surface area contributed by atoms with Gasteiger partial charge in [0.15, 0.2) is 0 Å². The first-order valence-electron chi connectivity index (χ1n) is 7.21. The van der Waals surface area contributed by atoms with Crippen LogP contribution in [0.1, 0.15) is 58.8 Å². The van der Waals surface area contributed by atoms with Gasteiger partial charge in [0.1, 0.15) is 0 Å². The number of nitrogens with one attached hydrogen (secondary N) is 1. The van der Waals surface area contributed by atoms with E-state index in [2.05, 4.69) is 31.1 Å². The molecule has 1 fully saturated rings. The third-order valence-corrected chi connectivity index (χ3v) is 4.04. The van der Waals surface area contributed by atoms with Crippen LogP contribution in [0.4, 0.5) is 0 Å². The van der Waals surface area contributed by atoms with Gasteiger partial charge in [-0.2, -0.15) is 0 Å². The summed E-state index contributed by atoms with van der Waals surface area (Å²) < 4.78 is 0. The highest BCUT2D eigenvalue weighted by Gasteiger charge is 2.14. The van der Waals surface area contributed by atoms with E-state index in [-0.39, 0.29) is 0 Å². The molecule has 1 rings (SSSR count). The lowest BCUT2D eigenvalue weighted by Crippen LogP contribution is -2.34. The molecule has 96 valence electrons. The van der Waals surface area contributed by atoms with Crippen molar-refractivity contribution in [3.05, 3.63) is 0 Å². The molecule has 0 radical (unpaired) electrons. The van der Waals surface area contributed by atoms with Gasteiger partial charge in [0, 0.05) is 12.1 Å². The van der Waals surface area contributed by atoms with Gasteiger partial charge in [-0.1, -0.05) is 26.7 Å². The van der Waals surface area contributed by atoms with E-state index in [1.807, 2.05) is 0 Å². The van der Waals surface area contributed by atoms with E-state index >= 15 is 0 Å². The molecule has 0 amide bonds. The summed E-state index contributed by atoms with van der Waals surface area (Å²) in [4.78, 5) is 2.52. The maximum Gasteiger partial charge on any atom is 0.00869 e. The number of hydrogen-bond donors (Lipinski definition) is 1. The van der Waals surface area contributed by atoms with Gasteiger partial charge in [-0.3, -0.25) is 0 Å². The van der Waals surface area contributed by atoms with E-state index in [0.717, 1.165) is 12.1 Å². The fourth-order valence-electron chi connectivity index (χ4n) is 2.86. The van der Waals surface area contributed by atoms with Crippen LogP contribution in [0.5, 0.6) is 0 Å². The SMILES string of the molecule is CCC(CC)N(C)CCCNC1CCCC1. The molecular formula is C14H30N2. The summed E-state index contributed by atoms with van der Waals surface area (Å²) in [5, 5.41) is 3.69. The zero-order valence-corrected chi connectivity index (χ0v) is 11.5. The molecule has 0 aromatic carbocycles. The molecule has 0 unspecified atom stereocenters. The quantitative estimate of drug-likeness (QED) is 0.640. The zero-order chi connectivity index (χ0) is 11.8. The van der Waals surface area contributed by atoms with Gasteiger partial charge in [0.05, 0.1) is 0 Å². The number of nitrogens with zero attached hydrogens (tertiary/aromatic N) is 1. The summed E-state index contributed by atoms with van der Waals surface area (Å²) in [6.07, 6.45) is 9.54. The predicted molar refractivity (Wildman–Crippen MR) is 71.9 cm³/mol. The van der Waals surface area contributed by atoms with Gasteiger partial charge in [-0.15, -0.1) is 0 Å². The lowest BCUT2D eigenvalue weighted by molar-refractivity contribution is 0.225. The molecule has 1 aliphatic rings. The van der Waals surface area contributed by atoms with Gasteiger partial charge in [-0.05, 0) is 52.2 Å². The molecule has 2 heteroatoms. The van der Waals surface area contributed by atoms with Crippen LogP contribution >= 0.6 is 0 Å². The van der Waals surface area contributed by atoms with E-state index in [4.69, 9.17) is 0 Å². The molecule has 0 aromatic rings. The van der Waals surface area contributed by atoms with E-state index in [0.29, 0.717) is 0 Å². The molecule has 0 spiro atoms. The van der Waals surface area contributed by atoms with Crippen LogP contribution in [-0.2, 0) is 0 Å². The summed E-state index contributed by atoms with van der Waals surface area (Å²) in [7, 11) is 2.27. The van der Waals surface area contributed by atoms with Crippen molar-refractivity contribution in [1.29, 1.82) is 0 Å². The Kier molecular flexibility index (Phi) is 7.06. The molecule has 0 aromatic heterocycles. The maximum atomic E-state index is 3.69. The van der Waals surface area contributed by atoms with Gasteiger partial charge in [-0.25, -0.2) is 0 Å². The van der Waals surface area contributed by atoms with Gasteiger partial charge in [0.2, 0.25) is 0 Å². The summed E-state index contributed by atoms with van der Waals surface area (Å²) in [5.74, 6) is 0. The molecule has 0 saturated heterocycles. The highest BCUT2D eigenvalue weighted by Crippen LogP contribution is 2.17. The molecule has 0 bridgehead atoms. The monoisotopic (exact) mass is 226 g/mol. The molecule has 1 aliphatic carbocycles. The minimum Gasteiger partial charge on any atom is -0.314 e.